The standard InChI is InChI=1S/C16H15NO/c1-12-3-6-14(7-4-12)11-18-16-8-5-13(2)9-15(16)10-17/h3-9H,11H2,1-2H3. The SMILES string of the molecule is Cc1ccc(COc2ccc(C)cc2C#N)cc1. The van der Waals surface area contributed by atoms with Crippen molar-refractivity contribution in [3.63, 3.8) is 0 Å². The summed E-state index contributed by atoms with van der Waals surface area (Å²) in [4.78, 5) is 0. The second kappa shape index (κ2) is 5.37. The van der Waals surface area contributed by atoms with E-state index in [-0.39, 0.29) is 0 Å². The summed E-state index contributed by atoms with van der Waals surface area (Å²) in [7, 11) is 0. The first kappa shape index (κ1) is 12.2. The van der Waals surface area contributed by atoms with E-state index in [4.69, 9.17) is 10.00 Å². The van der Waals surface area contributed by atoms with Crippen molar-refractivity contribution in [3.05, 3.63) is 64.7 Å². The smallest absolute Gasteiger partial charge is 0.137 e. The minimum atomic E-state index is 0.484. The largest absolute Gasteiger partial charge is 0.488 e. The lowest BCUT2D eigenvalue weighted by molar-refractivity contribution is 0.305. The molecule has 0 radical (unpaired) electrons. The van der Waals surface area contributed by atoms with E-state index in [1.165, 1.54) is 5.56 Å². The highest BCUT2D eigenvalue weighted by atomic mass is 16.5. The molecule has 2 nitrogen and oxygen atoms in total. The maximum atomic E-state index is 9.05. The van der Waals surface area contributed by atoms with Crippen LogP contribution in [0.25, 0.3) is 0 Å². The lowest BCUT2D eigenvalue weighted by Gasteiger charge is -2.08. The van der Waals surface area contributed by atoms with Gasteiger partial charge in [-0.25, -0.2) is 0 Å². The van der Waals surface area contributed by atoms with Crippen LogP contribution in [0.15, 0.2) is 42.5 Å². The Morgan fingerprint density at radius 3 is 2.33 bits per heavy atom. The van der Waals surface area contributed by atoms with Gasteiger partial charge in [-0.1, -0.05) is 35.9 Å². The topological polar surface area (TPSA) is 33.0 Å². The molecule has 0 aliphatic rings. The highest BCUT2D eigenvalue weighted by Gasteiger charge is 2.03. The normalized spacial score (nSPS) is 9.83. The maximum absolute atomic E-state index is 9.05. The van der Waals surface area contributed by atoms with Gasteiger partial charge in [0.25, 0.3) is 0 Å². The van der Waals surface area contributed by atoms with Crippen LogP contribution < -0.4 is 4.74 Å². The molecule has 0 aliphatic carbocycles. The van der Waals surface area contributed by atoms with E-state index in [0.29, 0.717) is 17.9 Å². The van der Waals surface area contributed by atoms with Gasteiger partial charge in [0.05, 0.1) is 5.56 Å². The molecule has 0 aliphatic heterocycles. The van der Waals surface area contributed by atoms with Gasteiger partial charge in [0, 0.05) is 0 Å². The molecular formula is C16H15NO. The third-order valence-corrected chi connectivity index (χ3v) is 2.77. The summed E-state index contributed by atoms with van der Waals surface area (Å²) >= 11 is 0. The second-order valence-electron chi connectivity index (χ2n) is 4.39. The van der Waals surface area contributed by atoms with Gasteiger partial charge in [0.1, 0.15) is 18.4 Å². The van der Waals surface area contributed by atoms with Gasteiger partial charge in [0.15, 0.2) is 0 Å². The third kappa shape index (κ3) is 2.89. The molecule has 0 bridgehead atoms. The summed E-state index contributed by atoms with van der Waals surface area (Å²) in [6.45, 7) is 4.50. The summed E-state index contributed by atoms with van der Waals surface area (Å²) in [6.07, 6.45) is 0. The predicted molar refractivity (Wildman–Crippen MR) is 71.4 cm³/mol. The Bertz CT molecular complexity index is 579. The Labute approximate surface area is 107 Å². The average Bonchev–Trinajstić information content (AvgIpc) is 2.39. The van der Waals surface area contributed by atoms with E-state index in [1.54, 1.807) is 0 Å². The highest BCUT2D eigenvalue weighted by Crippen LogP contribution is 2.20. The van der Waals surface area contributed by atoms with Crippen molar-refractivity contribution in [2.45, 2.75) is 20.5 Å². The maximum Gasteiger partial charge on any atom is 0.137 e. The molecule has 0 saturated carbocycles. The van der Waals surface area contributed by atoms with E-state index >= 15 is 0 Å². The molecule has 2 heteroatoms. The van der Waals surface area contributed by atoms with Gasteiger partial charge in [-0.2, -0.15) is 5.26 Å². The van der Waals surface area contributed by atoms with Gasteiger partial charge in [0.2, 0.25) is 0 Å². The van der Waals surface area contributed by atoms with Gasteiger partial charge in [-0.3, -0.25) is 0 Å². The summed E-state index contributed by atoms with van der Waals surface area (Å²) in [5.41, 5.74) is 3.98. The van der Waals surface area contributed by atoms with Gasteiger partial charge < -0.3 is 4.74 Å². The monoisotopic (exact) mass is 237 g/mol. The van der Waals surface area contributed by atoms with Crippen LogP contribution in [0.2, 0.25) is 0 Å². The number of nitrogens with zero attached hydrogens (tertiary/aromatic N) is 1. The minimum absolute atomic E-state index is 0.484. The van der Waals surface area contributed by atoms with Crippen molar-refractivity contribution in [1.29, 1.82) is 5.26 Å². The average molecular weight is 237 g/mol. The van der Waals surface area contributed by atoms with E-state index in [0.717, 1.165) is 11.1 Å². The summed E-state index contributed by atoms with van der Waals surface area (Å²) in [5.74, 6) is 0.642. The molecular weight excluding hydrogens is 222 g/mol. The van der Waals surface area contributed by atoms with Crippen LogP contribution in [0.5, 0.6) is 5.75 Å². The minimum Gasteiger partial charge on any atom is -0.488 e. The number of rotatable bonds is 3. The number of benzene rings is 2. The van der Waals surface area contributed by atoms with Crippen molar-refractivity contribution in [1.82, 2.24) is 0 Å². The molecule has 2 rings (SSSR count). The molecule has 0 heterocycles. The molecule has 0 aromatic heterocycles. The third-order valence-electron chi connectivity index (χ3n) is 2.77. The Kier molecular flexibility index (Phi) is 3.64. The Morgan fingerprint density at radius 1 is 1.00 bits per heavy atom. The van der Waals surface area contributed by atoms with Crippen molar-refractivity contribution in [2.24, 2.45) is 0 Å². The lowest BCUT2D eigenvalue weighted by atomic mass is 10.1. The quantitative estimate of drug-likeness (QED) is 0.814. The summed E-state index contributed by atoms with van der Waals surface area (Å²) in [6, 6.07) is 16.0. The number of ether oxygens (including phenoxy) is 1. The van der Waals surface area contributed by atoms with E-state index < -0.39 is 0 Å². The highest BCUT2D eigenvalue weighted by molar-refractivity contribution is 5.45. The van der Waals surface area contributed by atoms with Crippen LogP contribution in [-0.2, 0) is 6.61 Å². The first-order valence-electron chi connectivity index (χ1n) is 5.88. The van der Waals surface area contributed by atoms with Crippen molar-refractivity contribution >= 4 is 0 Å². The number of hydrogen-bond donors (Lipinski definition) is 0. The van der Waals surface area contributed by atoms with Crippen LogP contribution in [0.4, 0.5) is 0 Å². The zero-order valence-electron chi connectivity index (χ0n) is 10.6. The fraction of sp³-hybridized carbons (Fsp3) is 0.188. The molecule has 0 N–H and O–H groups in total. The number of aryl methyl sites for hydroxylation is 2. The number of nitriles is 1. The van der Waals surface area contributed by atoms with Gasteiger partial charge in [-0.15, -0.1) is 0 Å². The first-order chi connectivity index (χ1) is 8.69. The molecule has 2 aromatic rings. The molecule has 0 unspecified atom stereocenters. The fourth-order valence-corrected chi connectivity index (χ4v) is 1.70. The first-order valence-corrected chi connectivity index (χ1v) is 5.88. The van der Waals surface area contributed by atoms with Crippen LogP contribution in [-0.4, -0.2) is 0 Å². The van der Waals surface area contributed by atoms with E-state index in [9.17, 15) is 0 Å². The lowest BCUT2D eigenvalue weighted by Crippen LogP contribution is -1.97. The zero-order valence-corrected chi connectivity index (χ0v) is 10.6. The predicted octanol–water partition coefficient (Wildman–Crippen LogP) is 3.75. The van der Waals surface area contributed by atoms with Crippen molar-refractivity contribution in [2.75, 3.05) is 0 Å². The Balaban J connectivity index is 2.11. The molecule has 0 spiro atoms. The Hall–Kier alpha value is -2.27. The zero-order chi connectivity index (χ0) is 13.0. The summed E-state index contributed by atoms with van der Waals surface area (Å²) < 4.78 is 5.69. The number of hydrogen-bond acceptors (Lipinski definition) is 2. The van der Waals surface area contributed by atoms with Crippen molar-refractivity contribution in [3.8, 4) is 11.8 Å². The summed E-state index contributed by atoms with van der Waals surface area (Å²) in [5, 5.41) is 9.05. The van der Waals surface area contributed by atoms with Crippen LogP contribution in [0.3, 0.4) is 0 Å². The Morgan fingerprint density at radius 2 is 1.67 bits per heavy atom. The van der Waals surface area contributed by atoms with Gasteiger partial charge >= 0.3 is 0 Å². The fourth-order valence-electron chi connectivity index (χ4n) is 1.70. The molecule has 90 valence electrons. The van der Waals surface area contributed by atoms with Crippen molar-refractivity contribution < 1.29 is 4.74 Å². The molecule has 18 heavy (non-hydrogen) atoms. The molecule has 0 amide bonds. The molecule has 0 fully saturated rings. The van der Waals surface area contributed by atoms with E-state index in [1.807, 2.05) is 37.3 Å². The van der Waals surface area contributed by atoms with E-state index in [2.05, 4.69) is 25.1 Å². The molecule has 2 aromatic carbocycles. The molecule has 0 atom stereocenters. The van der Waals surface area contributed by atoms with Crippen LogP contribution in [0, 0.1) is 25.2 Å². The van der Waals surface area contributed by atoms with Gasteiger partial charge in [-0.05, 0) is 37.1 Å². The second-order valence-corrected chi connectivity index (χ2v) is 4.39. The molecule has 0 saturated heterocycles. The van der Waals surface area contributed by atoms with Crippen LogP contribution >= 0.6 is 0 Å². The van der Waals surface area contributed by atoms with Crippen LogP contribution in [0.1, 0.15) is 22.3 Å².